The fourth-order valence-corrected chi connectivity index (χ4v) is 3.53. The molecule has 25 heavy (non-hydrogen) atoms. The van der Waals surface area contributed by atoms with Gasteiger partial charge in [-0.25, -0.2) is 0 Å². The molecule has 0 spiro atoms. The van der Waals surface area contributed by atoms with Crippen molar-refractivity contribution in [1.29, 1.82) is 0 Å². The summed E-state index contributed by atoms with van der Waals surface area (Å²) in [7, 11) is 0. The summed E-state index contributed by atoms with van der Waals surface area (Å²) in [5, 5.41) is 11.8. The van der Waals surface area contributed by atoms with Gasteiger partial charge in [-0.1, -0.05) is 55.5 Å². The van der Waals surface area contributed by atoms with Crippen molar-refractivity contribution in [3.05, 3.63) is 54.1 Å². The van der Waals surface area contributed by atoms with E-state index in [0.717, 1.165) is 36.9 Å². The Labute approximate surface area is 149 Å². The van der Waals surface area contributed by atoms with Crippen molar-refractivity contribution in [2.45, 2.75) is 33.1 Å². The molecule has 0 atom stereocenters. The van der Waals surface area contributed by atoms with Gasteiger partial charge in [0.15, 0.2) is 5.82 Å². The molecular formula is C22H25N3. The molecule has 1 aromatic heterocycles. The minimum absolute atomic E-state index is 0.836. The van der Waals surface area contributed by atoms with E-state index in [4.69, 9.17) is 5.10 Å². The van der Waals surface area contributed by atoms with Crippen molar-refractivity contribution in [2.75, 3.05) is 18.0 Å². The molecule has 1 aliphatic carbocycles. The molecule has 0 amide bonds. The Hall–Kier alpha value is -2.42. The van der Waals surface area contributed by atoms with Crippen LogP contribution in [0.5, 0.6) is 0 Å². The second-order valence-electron chi connectivity index (χ2n) is 7.12. The van der Waals surface area contributed by atoms with Gasteiger partial charge in [-0.15, -0.1) is 10.2 Å². The van der Waals surface area contributed by atoms with Gasteiger partial charge < -0.3 is 4.90 Å². The average Bonchev–Trinajstić information content (AvgIpc) is 3.45. The molecule has 2 aromatic carbocycles. The van der Waals surface area contributed by atoms with Crippen LogP contribution in [0.25, 0.3) is 22.0 Å². The van der Waals surface area contributed by atoms with E-state index in [0.29, 0.717) is 0 Å². The maximum Gasteiger partial charge on any atom is 0.159 e. The van der Waals surface area contributed by atoms with E-state index >= 15 is 0 Å². The monoisotopic (exact) mass is 331 g/mol. The summed E-state index contributed by atoms with van der Waals surface area (Å²) in [4.78, 5) is 2.44. The lowest BCUT2D eigenvalue weighted by Gasteiger charge is -2.24. The van der Waals surface area contributed by atoms with Crippen molar-refractivity contribution in [3.63, 3.8) is 0 Å². The molecule has 0 unspecified atom stereocenters. The van der Waals surface area contributed by atoms with E-state index in [1.807, 2.05) is 0 Å². The summed E-state index contributed by atoms with van der Waals surface area (Å²) in [5.41, 5.74) is 3.39. The van der Waals surface area contributed by atoms with Crippen LogP contribution < -0.4 is 4.90 Å². The predicted molar refractivity (Wildman–Crippen MR) is 105 cm³/mol. The third-order valence-corrected chi connectivity index (χ3v) is 5.04. The van der Waals surface area contributed by atoms with Crippen LogP contribution >= 0.6 is 0 Å². The van der Waals surface area contributed by atoms with Crippen LogP contribution in [-0.2, 0) is 0 Å². The first-order valence-corrected chi connectivity index (χ1v) is 9.34. The van der Waals surface area contributed by atoms with Crippen molar-refractivity contribution in [1.82, 2.24) is 10.2 Å². The highest BCUT2D eigenvalue weighted by Crippen LogP contribution is 2.35. The molecule has 0 radical (unpaired) electrons. The van der Waals surface area contributed by atoms with Crippen LogP contribution in [0, 0.1) is 12.8 Å². The van der Waals surface area contributed by atoms with Crippen molar-refractivity contribution >= 4 is 16.6 Å². The fourth-order valence-electron chi connectivity index (χ4n) is 3.53. The largest absolute Gasteiger partial charge is 0.354 e. The maximum atomic E-state index is 4.70. The maximum absolute atomic E-state index is 4.70. The summed E-state index contributed by atoms with van der Waals surface area (Å²) in [5.74, 6) is 1.88. The number of anilines is 1. The highest BCUT2D eigenvalue weighted by atomic mass is 15.3. The van der Waals surface area contributed by atoms with Crippen molar-refractivity contribution < 1.29 is 0 Å². The smallest absolute Gasteiger partial charge is 0.159 e. The van der Waals surface area contributed by atoms with Gasteiger partial charge in [0, 0.05) is 29.4 Å². The molecular weight excluding hydrogens is 306 g/mol. The summed E-state index contributed by atoms with van der Waals surface area (Å²) >= 11 is 0. The van der Waals surface area contributed by atoms with Crippen LogP contribution in [0.2, 0.25) is 0 Å². The minimum atomic E-state index is 0.836. The van der Waals surface area contributed by atoms with Gasteiger partial charge in [0.25, 0.3) is 0 Å². The molecule has 1 fully saturated rings. The van der Waals surface area contributed by atoms with Gasteiger partial charge in [0.2, 0.25) is 0 Å². The molecule has 0 aliphatic heterocycles. The number of aryl methyl sites for hydroxylation is 1. The number of rotatable bonds is 6. The molecule has 1 aliphatic rings. The zero-order valence-corrected chi connectivity index (χ0v) is 15.1. The van der Waals surface area contributed by atoms with Gasteiger partial charge in [0.1, 0.15) is 5.69 Å². The number of fused-ring (bicyclic) bond motifs is 1. The molecule has 4 rings (SSSR count). The lowest BCUT2D eigenvalue weighted by Crippen LogP contribution is -2.28. The van der Waals surface area contributed by atoms with Crippen molar-refractivity contribution in [2.24, 2.45) is 5.92 Å². The van der Waals surface area contributed by atoms with E-state index in [9.17, 15) is 0 Å². The SMILES string of the molecule is CCCN(CC1CC1)c1nnc(-c2ccccc2C)c2ccccc12. The molecule has 3 heteroatoms. The zero-order chi connectivity index (χ0) is 17.2. The summed E-state index contributed by atoms with van der Waals surface area (Å²) in [6.45, 7) is 6.52. The van der Waals surface area contributed by atoms with E-state index in [2.05, 4.69) is 72.4 Å². The van der Waals surface area contributed by atoms with Crippen LogP contribution in [0.1, 0.15) is 31.7 Å². The Morgan fingerprint density at radius 2 is 1.68 bits per heavy atom. The molecule has 128 valence electrons. The highest BCUT2D eigenvalue weighted by molar-refractivity contribution is 6.00. The minimum Gasteiger partial charge on any atom is -0.354 e. The average molecular weight is 331 g/mol. The third-order valence-electron chi connectivity index (χ3n) is 5.04. The Morgan fingerprint density at radius 1 is 0.960 bits per heavy atom. The Kier molecular flexibility index (Phi) is 4.39. The quantitative estimate of drug-likeness (QED) is 0.619. The second kappa shape index (κ2) is 6.83. The van der Waals surface area contributed by atoms with E-state index in [1.165, 1.54) is 34.7 Å². The molecule has 0 N–H and O–H groups in total. The first kappa shape index (κ1) is 16.1. The topological polar surface area (TPSA) is 29.0 Å². The fraction of sp³-hybridized carbons (Fsp3) is 0.364. The predicted octanol–water partition coefficient (Wildman–Crippen LogP) is 5.23. The standard InChI is InChI=1S/C22H25N3/c1-3-14-25(15-17-12-13-17)22-20-11-7-6-10-19(20)21(23-24-22)18-9-5-4-8-16(18)2/h4-11,17H,3,12-15H2,1-2H3. The lowest BCUT2D eigenvalue weighted by atomic mass is 10.0. The van der Waals surface area contributed by atoms with Gasteiger partial charge >= 0.3 is 0 Å². The van der Waals surface area contributed by atoms with Crippen LogP contribution in [0.4, 0.5) is 5.82 Å². The van der Waals surface area contributed by atoms with E-state index < -0.39 is 0 Å². The first-order chi connectivity index (χ1) is 12.3. The van der Waals surface area contributed by atoms with E-state index in [1.54, 1.807) is 0 Å². The Bertz CT molecular complexity index is 883. The number of aromatic nitrogens is 2. The van der Waals surface area contributed by atoms with Gasteiger partial charge in [-0.05, 0) is 37.7 Å². The Balaban J connectivity index is 1.85. The number of hydrogen-bond acceptors (Lipinski definition) is 3. The zero-order valence-electron chi connectivity index (χ0n) is 15.1. The highest BCUT2D eigenvalue weighted by Gasteiger charge is 2.26. The molecule has 3 aromatic rings. The van der Waals surface area contributed by atoms with Gasteiger partial charge in [-0.3, -0.25) is 0 Å². The number of benzene rings is 2. The van der Waals surface area contributed by atoms with Crippen LogP contribution in [-0.4, -0.2) is 23.3 Å². The second-order valence-corrected chi connectivity index (χ2v) is 7.12. The van der Waals surface area contributed by atoms with Gasteiger partial charge in [-0.2, -0.15) is 0 Å². The summed E-state index contributed by atoms with van der Waals surface area (Å²) < 4.78 is 0. The molecule has 3 nitrogen and oxygen atoms in total. The molecule has 0 saturated heterocycles. The molecule has 0 bridgehead atoms. The van der Waals surface area contributed by atoms with Gasteiger partial charge in [0.05, 0.1) is 0 Å². The lowest BCUT2D eigenvalue weighted by molar-refractivity contribution is 0.696. The Morgan fingerprint density at radius 3 is 2.40 bits per heavy atom. The van der Waals surface area contributed by atoms with Crippen LogP contribution in [0.15, 0.2) is 48.5 Å². The molecule has 1 heterocycles. The van der Waals surface area contributed by atoms with E-state index in [-0.39, 0.29) is 0 Å². The normalized spacial score (nSPS) is 14.0. The molecule has 1 saturated carbocycles. The summed E-state index contributed by atoms with van der Waals surface area (Å²) in [6.07, 6.45) is 3.84. The van der Waals surface area contributed by atoms with Crippen LogP contribution in [0.3, 0.4) is 0 Å². The first-order valence-electron chi connectivity index (χ1n) is 9.34. The number of hydrogen-bond donors (Lipinski definition) is 0. The van der Waals surface area contributed by atoms with Crippen molar-refractivity contribution in [3.8, 4) is 11.3 Å². The third kappa shape index (κ3) is 3.23. The number of nitrogens with zero attached hydrogens (tertiary/aromatic N) is 3. The summed E-state index contributed by atoms with van der Waals surface area (Å²) in [6, 6.07) is 17.0.